The molecule has 0 aliphatic heterocycles. The van der Waals surface area contributed by atoms with Gasteiger partial charge in [0.15, 0.2) is 0 Å². The van der Waals surface area contributed by atoms with Gasteiger partial charge < -0.3 is 5.32 Å². The number of nitrogens with zero attached hydrogens (tertiary/aromatic N) is 2. The second kappa shape index (κ2) is 5.48. The monoisotopic (exact) mass is 265 g/mol. The SMILES string of the molecule is CCn1nccc1C(NC)c1cc(C)c(F)cc1F. The molecule has 2 aromatic rings. The van der Waals surface area contributed by atoms with Crippen molar-refractivity contribution in [3.05, 3.63) is 52.9 Å². The standard InChI is InChI=1S/C14H17F2N3/c1-4-19-13(5-6-18-19)14(17-3)10-7-9(2)11(15)8-12(10)16/h5-8,14,17H,4H2,1-3H3. The Morgan fingerprint density at radius 3 is 2.68 bits per heavy atom. The highest BCUT2D eigenvalue weighted by molar-refractivity contribution is 5.33. The number of benzene rings is 1. The van der Waals surface area contributed by atoms with Crippen LogP contribution in [0.2, 0.25) is 0 Å². The van der Waals surface area contributed by atoms with Crippen molar-refractivity contribution in [2.45, 2.75) is 26.4 Å². The van der Waals surface area contributed by atoms with E-state index in [1.54, 1.807) is 30.9 Å². The molecule has 19 heavy (non-hydrogen) atoms. The molecule has 1 atom stereocenters. The highest BCUT2D eigenvalue weighted by Gasteiger charge is 2.20. The van der Waals surface area contributed by atoms with E-state index in [0.717, 1.165) is 11.8 Å². The highest BCUT2D eigenvalue weighted by atomic mass is 19.1. The average molecular weight is 265 g/mol. The smallest absolute Gasteiger partial charge is 0.131 e. The van der Waals surface area contributed by atoms with Crippen LogP contribution in [0.5, 0.6) is 0 Å². The van der Waals surface area contributed by atoms with E-state index in [2.05, 4.69) is 10.4 Å². The molecule has 102 valence electrons. The molecule has 3 nitrogen and oxygen atoms in total. The van der Waals surface area contributed by atoms with E-state index in [0.29, 0.717) is 17.7 Å². The number of aryl methyl sites for hydroxylation is 2. The minimum Gasteiger partial charge on any atom is -0.308 e. The van der Waals surface area contributed by atoms with Crippen molar-refractivity contribution >= 4 is 0 Å². The topological polar surface area (TPSA) is 29.9 Å². The molecular weight excluding hydrogens is 248 g/mol. The van der Waals surface area contributed by atoms with Crippen LogP contribution < -0.4 is 5.32 Å². The zero-order chi connectivity index (χ0) is 14.0. The first-order valence-electron chi connectivity index (χ1n) is 6.23. The number of aromatic nitrogens is 2. The van der Waals surface area contributed by atoms with Crippen molar-refractivity contribution in [2.75, 3.05) is 7.05 Å². The molecule has 0 radical (unpaired) electrons. The first kappa shape index (κ1) is 13.7. The normalized spacial score (nSPS) is 12.7. The van der Waals surface area contributed by atoms with Gasteiger partial charge in [-0.1, -0.05) is 0 Å². The van der Waals surface area contributed by atoms with Crippen LogP contribution in [0.15, 0.2) is 24.4 Å². The molecule has 0 spiro atoms. The fourth-order valence-electron chi connectivity index (χ4n) is 2.22. The van der Waals surface area contributed by atoms with E-state index in [9.17, 15) is 8.78 Å². The summed E-state index contributed by atoms with van der Waals surface area (Å²) in [6.07, 6.45) is 1.68. The molecule has 1 aromatic heterocycles. The Morgan fingerprint density at radius 2 is 2.05 bits per heavy atom. The molecule has 1 aromatic carbocycles. The Labute approximate surface area is 111 Å². The van der Waals surface area contributed by atoms with Gasteiger partial charge in [-0.15, -0.1) is 0 Å². The number of rotatable bonds is 4. The summed E-state index contributed by atoms with van der Waals surface area (Å²) in [5.41, 5.74) is 1.71. The van der Waals surface area contributed by atoms with Crippen molar-refractivity contribution in [1.82, 2.24) is 15.1 Å². The van der Waals surface area contributed by atoms with E-state index in [1.165, 1.54) is 0 Å². The third-order valence-corrected chi connectivity index (χ3v) is 3.22. The molecule has 1 N–H and O–H groups in total. The van der Waals surface area contributed by atoms with Gasteiger partial charge in [-0.05, 0) is 38.6 Å². The van der Waals surface area contributed by atoms with Gasteiger partial charge in [0, 0.05) is 24.4 Å². The van der Waals surface area contributed by atoms with Gasteiger partial charge in [-0.2, -0.15) is 5.10 Å². The lowest BCUT2D eigenvalue weighted by Crippen LogP contribution is -2.22. The number of halogens is 2. The van der Waals surface area contributed by atoms with Crippen LogP contribution in [0.4, 0.5) is 8.78 Å². The van der Waals surface area contributed by atoms with Crippen molar-refractivity contribution < 1.29 is 8.78 Å². The number of hydrogen-bond acceptors (Lipinski definition) is 2. The molecule has 0 aliphatic rings. The first-order chi connectivity index (χ1) is 9.08. The van der Waals surface area contributed by atoms with Crippen LogP contribution in [0.3, 0.4) is 0 Å². The predicted octanol–water partition coefficient (Wildman–Crippen LogP) is 2.80. The predicted molar refractivity (Wildman–Crippen MR) is 69.9 cm³/mol. The molecule has 1 heterocycles. The van der Waals surface area contributed by atoms with E-state index in [1.807, 2.05) is 13.0 Å². The summed E-state index contributed by atoms with van der Waals surface area (Å²) >= 11 is 0. The summed E-state index contributed by atoms with van der Waals surface area (Å²) < 4.78 is 29.1. The molecule has 0 bridgehead atoms. The largest absolute Gasteiger partial charge is 0.308 e. The van der Waals surface area contributed by atoms with Crippen LogP contribution in [0.1, 0.15) is 29.8 Å². The highest BCUT2D eigenvalue weighted by Crippen LogP contribution is 2.26. The Morgan fingerprint density at radius 1 is 1.32 bits per heavy atom. The fourth-order valence-corrected chi connectivity index (χ4v) is 2.22. The minimum absolute atomic E-state index is 0.346. The van der Waals surface area contributed by atoms with Gasteiger partial charge in [0.1, 0.15) is 11.6 Å². The summed E-state index contributed by atoms with van der Waals surface area (Å²) in [5.74, 6) is -1.08. The number of hydrogen-bond donors (Lipinski definition) is 1. The third kappa shape index (κ3) is 2.51. The third-order valence-electron chi connectivity index (χ3n) is 3.22. The Hall–Kier alpha value is -1.75. The van der Waals surface area contributed by atoms with Gasteiger partial charge in [0.2, 0.25) is 0 Å². The van der Waals surface area contributed by atoms with Crippen LogP contribution in [0, 0.1) is 18.6 Å². The van der Waals surface area contributed by atoms with Crippen LogP contribution in [0.25, 0.3) is 0 Å². The summed E-state index contributed by atoms with van der Waals surface area (Å²) in [4.78, 5) is 0. The van der Waals surface area contributed by atoms with Crippen LogP contribution in [-0.4, -0.2) is 16.8 Å². The Kier molecular flexibility index (Phi) is 3.95. The minimum atomic E-state index is -0.550. The Bertz CT molecular complexity index is 578. The molecule has 2 rings (SSSR count). The molecule has 0 fully saturated rings. The second-order valence-corrected chi connectivity index (χ2v) is 4.42. The maximum Gasteiger partial charge on any atom is 0.131 e. The second-order valence-electron chi connectivity index (χ2n) is 4.42. The van der Waals surface area contributed by atoms with Crippen molar-refractivity contribution in [3.8, 4) is 0 Å². The molecule has 5 heteroatoms. The summed E-state index contributed by atoms with van der Waals surface area (Å²) in [6, 6.07) is 3.96. The maximum atomic E-state index is 14.0. The summed E-state index contributed by atoms with van der Waals surface area (Å²) in [7, 11) is 1.75. The van der Waals surface area contributed by atoms with Crippen molar-refractivity contribution in [1.29, 1.82) is 0 Å². The lowest BCUT2D eigenvalue weighted by atomic mass is 10.0. The molecule has 0 saturated carbocycles. The van der Waals surface area contributed by atoms with Gasteiger partial charge in [0.05, 0.1) is 11.7 Å². The van der Waals surface area contributed by atoms with E-state index in [-0.39, 0.29) is 6.04 Å². The molecular formula is C14H17F2N3. The summed E-state index contributed by atoms with van der Waals surface area (Å²) in [5, 5.41) is 7.24. The zero-order valence-electron chi connectivity index (χ0n) is 11.2. The van der Waals surface area contributed by atoms with Crippen molar-refractivity contribution in [2.24, 2.45) is 0 Å². The van der Waals surface area contributed by atoms with E-state index >= 15 is 0 Å². The quantitative estimate of drug-likeness (QED) is 0.921. The zero-order valence-corrected chi connectivity index (χ0v) is 11.2. The van der Waals surface area contributed by atoms with Gasteiger partial charge in [0.25, 0.3) is 0 Å². The molecule has 0 saturated heterocycles. The number of nitrogens with one attached hydrogen (secondary N) is 1. The van der Waals surface area contributed by atoms with E-state index in [4.69, 9.17) is 0 Å². The maximum absolute atomic E-state index is 14.0. The summed E-state index contributed by atoms with van der Waals surface area (Å²) in [6.45, 7) is 4.29. The molecule has 0 aliphatic carbocycles. The van der Waals surface area contributed by atoms with Crippen molar-refractivity contribution in [3.63, 3.8) is 0 Å². The van der Waals surface area contributed by atoms with Crippen LogP contribution in [-0.2, 0) is 6.54 Å². The molecule has 0 amide bonds. The lowest BCUT2D eigenvalue weighted by molar-refractivity contribution is 0.521. The van der Waals surface area contributed by atoms with E-state index < -0.39 is 11.6 Å². The van der Waals surface area contributed by atoms with Gasteiger partial charge >= 0.3 is 0 Å². The van der Waals surface area contributed by atoms with Crippen LogP contribution >= 0.6 is 0 Å². The fraction of sp³-hybridized carbons (Fsp3) is 0.357. The Balaban J connectivity index is 2.51. The lowest BCUT2D eigenvalue weighted by Gasteiger charge is -2.19. The first-order valence-corrected chi connectivity index (χ1v) is 6.23. The van der Waals surface area contributed by atoms with Gasteiger partial charge in [-0.25, -0.2) is 8.78 Å². The van der Waals surface area contributed by atoms with Gasteiger partial charge in [-0.3, -0.25) is 4.68 Å². The molecule has 1 unspecified atom stereocenters. The average Bonchev–Trinajstić information content (AvgIpc) is 2.84.